The standard InChI is InChI=1S/C21H27N3O2/c1-14(2)18-7-5-6-8-19(18)24-20(25)13-22-16-9-11-17(12-10-16)23-21(26)15(3)4/h5-12,14-15,22H,13H2,1-4H3,(H,23,26)(H,24,25). The van der Waals surface area contributed by atoms with Gasteiger partial charge in [-0.2, -0.15) is 0 Å². The van der Waals surface area contributed by atoms with Gasteiger partial charge in [0, 0.05) is 23.0 Å². The van der Waals surface area contributed by atoms with Gasteiger partial charge in [-0.25, -0.2) is 0 Å². The van der Waals surface area contributed by atoms with Crippen LogP contribution in [-0.2, 0) is 9.59 Å². The van der Waals surface area contributed by atoms with Crippen molar-refractivity contribution in [2.75, 3.05) is 22.5 Å². The smallest absolute Gasteiger partial charge is 0.243 e. The summed E-state index contributed by atoms with van der Waals surface area (Å²) in [7, 11) is 0. The highest BCUT2D eigenvalue weighted by Crippen LogP contribution is 2.23. The van der Waals surface area contributed by atoms with Gasteiger partial charge in [-0.3, -0.25) is 9.59 Å². The molecular formula is C21H27N3O2. The largest absolute Gasteiger partial charge is 0.376 e. The summed E-state index contributed by atoms with van der Waals surface area (Å²) in [4.78, 5) is 23.9. The summed E-state index contributed by atoms with van der Waals surface area (Å²) in [5.74, 6) is 0.155. The fraction of sp³-hybridized carbons (Fsp3) is 0.333. The van der Waals surface area contributed by atoms with Crippen molar-refractivity contribution in [3.63, 3.8) is 0 Å². The van der Waals surface area contributed by atoms with E-state index in [1.165, 1.54) is 0 Å². The zero-order chi connectivity index (χ0) is 19.1. The lowest BCUT2D eigenvalue weighted by Gasteiger charge is -2.14. The molecule has 0 unspecified atom stereocenters. The highest BCUT2D eigenvalue weighted by atomic mass is 16.2. The molecular weight excluding hydrogens is 326 g/mol. The molecule has 2 aromatic carbocycles. The third kappa shape index (κ3) is 5.62. The molecule has 0 bridgehead atoms. The SMILES string of the molecule is CC(C)C(=O)Nc1ccc(NCC(=O)Nc2ccccc2C(C)C)cc1. The van der Waals surface area contributed by atoms with Gasteiger partial charge in [0.05, 0.1) is 6.54 Å². The Hall–Kier alpha value is -2.82. The molecule has 5 heteroatoms. The van der Waals surface area contributed by atoms with Crippen molar-refractivity contribution in [2.45, 2.75) is 33.6 Å². The van der Waals surface area contributed by atoms with Gasteiger partial charge >= 0.3 is 0 Å². The third-order valence-electron chi connectivity index (χ3n) is 3.99. The molecule has 0 spiro atoms. The number of carbonyl (C=O) groups is 2. The van der Waals surface area contributed by atoms with Crippen LogP contribution in [-0.4, -0.2) is 18.4 Å². The summed E-state index contributed by atoms with van der Waals surface area (Å²) in [5, 5.41) is 8.88. The van der Waals surface area contributed by atoms with E-state index in [0.29, 0.717) is 5.92 Å². The van der Waals surface area contributed by atoms with Crippen LogP contribution in [0.1, 0.15) is 39.2 Å². The summed E-state index contributed by atoms with van der Waals surface area (Å²) in [6, 6.07) is 15.1. The van der Waals surface area contributed by atoms with Crippen LogP contribution < -0.4 is 16.0 Å². The number of para-hydroxylation sites is 1. The summed E-state index contributed by atoms with van der Waals surface area (Å²) < 4.78 is 0. The molecule has 5 nitrogen and oxygen atoms in total. The average Bonchev–Trinajstić information content (AvgIpc) is 2.61. The Labute approximate surface area is 155 Å². The maximum atomic E-state index is 12.2. The fourth-order valence-electron chi connectivity index (χ4n) is 2.45. The number of benzene rings is 2. The molecule has 0 aliphatic rings. The molecule has 0 aliphatic heterocycles. The number of anilines is 3. The number of nitrogens with one attached hydrogen (secondary N) is 3. The quantitative estimate of drug-likeness (QED) is 0.688. The molecule has 26 heavy (non-hydrogen) atoms. The Bertz CT molecular complexity index is 752. The topological polar surface area (TPSA) is 70.2 Å². The highest BCUT2D eigenvalue weighted by Gasteiger charge is 2.09. The second-order valence-electron chi connectivity index (χ2n) is 6.86. The number of hydrogen-bond acceptors (Lipinski definition) is 3. The molecule has 0 saturated heterocycles. The first kappa shape index (κ1) is 19.5. The monoisotopic (exact) mass is 353 g/mol. The van der Waals surface area contributed by atoms with Crippen molar-refractivity contribution in [3.05, 3.63) is 54.1 Å². The molecule has 138 valence electrons. The first-order valence-electron chi connectivity index (χ1n) is 8.90. The van der Waals surface area contributed by atoms with E-state index in [1.807, 2.05) is 62.4 Å². The second-order valence-corrected chi connectivity index (χ2v) is 6.86. The molecule has 0 atom stereocenters. The van der Waals surface area contributed by atoms with Gasteiger partial charge in [0.15, 0.2) is 0 Å². The molecule has 2 amide bonds. The molecule has 0 fully saturated rings. The van der Waals surface area contributed by atoms with E-state index in [0.717, 1.165) is 22.6 Å². The Morgan fingerprint density at radius 1 is 0.846 bits per heavy atom. The number of amides is 2. The van der Waals surface area contributed by atoms with Crippen LogP contribution in [0.5, 0.6) is 0 Å². The van der Waals surface area contributed by atoms with Gasteiger partial charge in [0.25, 0.3) is 0 Å². The number of rotatable bonds is 7. The third-order valence-corrected chi connectivity index (χ3v) is 3.99. The lowest BCUT2D eigenvalue weighted by molar-refractivity contribution is -0.119. The Morgan fingerprint density at radius 2 is 1.46 bits per heavy atom. The van der Waals surface area contributed by atoms with Crippen molar-refractivity contribution in [1.82, 2.24) is 0 Å². The Morgan fingerprint density at radius 3 is 2.08 bits per heavy atom. The fourth-order valence-corrected chi connectivity index (χ4v) is 2.45. The maximum Gasteiger partial charge on any atom is 0.243 e. The van der Waals surface area contributed by atoms with Crippen LogP contribution in [0.15, 0.2) is 48.5 Å². The summed E-state index contributed by atoms with van der Waals surface area (Å²) in [6.45, 7) is 8.07. The van der Waals surface area contributed by atoms with Gasteiger partial charge in [-0.15, -0.1) is 0 Å². The predicted molar refractivity (Wildman–Crippen MR) is 108 cm³/mol. The van der Waals surface area contributed by atoms with Crippen LogP contribution in [0.4, 0.5) is 17.1 Å². The van der Waals surface area contributed by atoms with E-state index in [4.69, 9.17) is 0 Å². The van der Waals surface area contributed by atoms with Crippen LogP contribution in [0, 0.1) is 5.92 Å². The summed E-state index contributed by atoms with van der Waals surface area (Å²) >= 11 is 0. The molecule has 0 aliphatic carbocycles. The number of hydrogen-bond donors (Lipinski definition) is 3. The highest BCUT2D eigenvalue weighted by molar-refractivity contribution is 5.95. The van der Waals surface area contributed by atoms with Crippen LogP contribution in [0.25, 0.3) is 0 Å². The van der Waals surface area contributed by atoms with E-state index in [-0.39, 0.29) is 24.3 Å². The van der Waals surface area contributed by atoms with Crippen LogP contribution in [0.3, 0.4) is 0 Å². The molecule has 2 rings (SSSR count). The molecule has 0 heterocycles. The molecule has 2 aromatic rings. The number of carbonyl (C=O) groups excluding carboxylic acids is 2. The molecule has 0 saturated carbocycles. The van der Waals surface area contributed by atoms with Gasteiger partial charge in [0.2, 0.25) is 11.8 Å². The van der Waals surface area contributed by atoms with E-state index in [9.17, 15) is 9.59 Å². The van der Waals surface area contributed by atoms with E-state index < -0.39 is 0 Å². The van der Waals surface area contributed by atoms with Gasteiger partial charge in [0.1, 0.15) is 0 Å². The van der Waals surface area contributed by atoms with Crippen molar-refractivity contribution < 1.29 is 9.59 Å². The summed E-state index contributed by atoms with van der Waals surface area (Å²) in [5.41, 5.74) is 3.52. The van der Waals surface area contributed by atoms with Gasteiger partial charge in [-0.05, 0) is 41.8 Å². The van der Waals surface area contributed by atoms with Crippen molar-refractivity contribution >= 4 is 28.9 Å². The minimum Gasteiger partial charge on any atom is -0.376 e. The summed E-state index contributed by atoms with van der Waals surface area (Å²) in [6.07, 6.45) is 0. The Kier molecular flexibility index (Phi) is 6.78. The molecule has 0 aromatic heterocycles. The van der Waals surface area contributed by atoms with E-state index >= 15 is 0 Å². The molecule has 0 radical (unpaired) electrons. The van der Waals surface area contributed by atoms with Crippen molar-refractivity contribution in [2.24, 2.45) is 5.92 Å². The van der Waals surface area contributed by atoms with Crippen LogP contribution in [0.2, 0.25) is 0 Å². The minimum absolute atomic E-state index is 0.0195. The van der Waals surface area contributed by atoms with Gasteiger partial charge < -0.3 is 16.0 Å². The Balaban J connectivity index is 1.89. The lowest BCUT2D eigenvalue weighted by Crippen LogP contribution is -2.22. The van der Waals surface area contributed by atoms with Crippen LogP contribution >= 0.6 is 0 Å². The first-order chi connectivity index (χ1) is 12.4. The zero-order valence-corrected chi connectivity index (χ0v) is 15.8. The average molecular weight is 353 g/mol. The van der Waals surface area contributed by atoms with Crippen molar-refractivity contribution in [3.8, 4) is 0 Å². The first-order valence-corrected chi connectivity index (χ1v) is 8.90. The predicted octanol–water partition coefficient (Wildman–Crippen LogP) is 4.46. The lowest BCUT2D eigenvalue weighted by atomic mass is 10.0. The normalized spacial score (nSPS) is 10.7. The maximum absolute atomic E-state index is 12.2. The second kappa shape index (κ2) is 9.04. The zero-order valence-electron chi connectivity index (χ0n) is 15.8. The molecule has 3 N–H and O–H groups in total. The minimum atomic E-state index is -0.102. The van der Waals surface area contributed by atoms with E-state index in [2.05, 4.69) is 29.8 Å². The van der Waals surface area contributed by atoms with E-state index in [1.54, 1.807) is 0 Å². The van der Waals surface area contributed by atoms with Crippen molar-refractivity contribution in [1.29, 1.82) is 0 Å². The van der Waals surface area contributed by atoms with Gasteiger partial charge in [-0.1, -0.05) is 45.9 Å².